The molecule has 10 heavy (non-hydrogen) atoms. The summed E-state index contributed by atoms with van der Waals surface area (Å²) in [5, 5.41) is 7.10. The summed E-state index contributed by atoms with van der Waals surface area (Å²) in [6.45, 7) is 4.41. The van der Waals surface area contributed by atoms with Crippen molar-refractivity contribution in [3.63, 3.8) is 0 Å². The fraction of sp³-hybridized carbons (Fsp3) is 0.857. The first-order valence-electron chi connectivity index (χ1n) is 3.62. The average Bonchev–Trinajstić information content (AvgIpc) is 2.13. The third-order valence-corrected chi connectivity index (χ3v) is 1.67. The van der Waals surface area contributed by atoms with Crippen molar-refractivity contribution in [1.29, 1.82) is 0 Å². The monoisotopic (exact) mass is 141 g/mol. The van der Waals surface area contributed by atoms with E-state index in [1.807, 2.05) is 0 Å². The first-order valence-corrected chi connectivity index (χ1v) is 3.62. The molecule has 1 radical (unpaired) electrons. The van der Waals surface area contributed by atoms with E-state index >= 15 is 0 Å². The van der Waals surface area contributed by atoms with Crippen LogP contribution in [0.25, 0.3) is 0 Å². The van der Waals surface area contributed by atoms with E-state index in [1.54, 1.807) is 6.92 Å². The zero-order valence-corrected chi connectivity index (χ0v) is 6.42. The van der Waals surface area contributed by atoms with Gasteiger partial charge in [-0.05, 0) is 13.3 Å². The second-order valence-electron chi connectivity index (χ2n) is 2.85. The molecule has 0 spiro atoms. The highest BCUT2D eigenvalue weighted by molar-refractivity contribution is 5.73. The summed E-state index contributed by atoms with van der Waals surface area (Å²) < 4.78 is 0. The van der Waals surface area contributed by atoms with Crippen molar-refractivity contribution in [3.8, 4) is 0 Å². The number of amides is 1. The SMILES string of the molecule is CC(=O)NC1C[N]C(C)C1. The predicted octanol–water partition coefficient (Wildman–Crippen LogP) is -0.112. The van der Waals surface area contributed by atoms with Gasteiger partial charge in [0.15, 0.2) is 0 Å². The lowest BCUT2D eigenvalue weighted by Crippen LogP contribution is -2.33. The van der Waals surface area contributed by atoms with Crippen LogP contribution in [-0.2, 0) is 4.79 Å². The lowest BCUT2D eigenvalue weighted by atomic mass is 10.2. The number of carbonyl (C=O) groups excluding carboxylic acids is 1. The van der Waals surface area contributed by atoms with Gasteiger partial charge in [0, 0.05) is 25.6 Å². The first kappa shape index (κ1) is 7.54. The second kappa shape index (κ2) is 3.01. The van der Waals surface area contributed by atoms with Gasteiger partial charge in [-0.3, -0.25) is 4.79 Å². The van der Waals surface area contributed by atoms with Crippen LogP contribution in [0.4, 0.5) is 0 Å². The maximum Gasteiger partial charge on any atom is 0.217 e. The lowest BCUT2D eigenvalue weighted by Gasteiger charge is -2.07. The summed E-state index contributed by atoms with van der Waals surface area (Å²) in [6, 6.07) is 0.726. The van der Waals surface area contributed by atoms with Crippen LogP contribution in [0.2, 0.25) is 0 Å². The van der Waals surface area contributed by atoms with Crippen LogP contribution in [0.1, 0.15) is 20.3 Å². The third-order valence-electron chi connectivity index (χ3n) is 1.67. The van der Waals surface area contributed by atoms with Gasteiger partial charge in [0.05, 0.1) is 0 Å². The highest BCUT2D eigenvalue weighted by atomic mass is 16.1. The van der Waals surface area contributed by atoms with Crippen molar-refractivity contribution in [2.75, 3.05) is 6.54 Å². The number of hydrogen-bond donors (Lipinski definition) is 1. The zero-order valence-electron chi connectivity index (χ0n) is 6.42. The number of carbonyl (C=O) groups is 1. The quantitative estimate of drug-likeness (QED) is 0.544. The Morgan fingerprint density at radius 2 is 2.40 bits per heavy atom. The van der Waals surface area contributed by atoms with E-state index in [4.69, 9.17) is 0 Å². The number of hydrogen-bond acceptors (Lipinski definition) is 1. The van der Waals surface area contributed by atoms with Crippen LogP contribution in [0.5, 0.6) is 0 Å². The van der Waals surface area contributed by atoms with Crippen molar-refractivity contribution in [3.05, 3.63) is 0 Å². The van der Waals surface area contributed by atoms with Gasteiger partial charge in [-0.1, -0.05) is 0 Å². The molecule has 0 bridgehead atoms. The van der Waals surface area contributed by atoms with Gasteiger partial charge >= 0.3 is 0 Å². The van der Waals surface area contributed by atoms with E-state index in [2.05, 4.69) is 17.6 Å². The van der Waals surface area contributed by atoms with Crippen LogP contribution in [0, 0.1) is 0 Å². The second-order valence-corrected chi connectivity index (χ2v) is 2.85. The molecule has 0 saturated carbocycles. The molecule has 1 rings (SSSR count). The molecule has 1 aliphatic rings. The van der Waals surface area contributed by atoms with Gasteiger partial charge in [0.2, 0.25) is 5.91 Å². The highest BCUT2D eigenvalue weighted by Crippen LogP contribution is 2.06. The third kappa shape index (κ3) is 1.99. The minimum absolute atomic E-state index is 0.0503. The molecule has 1 saturated heterocycles. The molecular weight excluding hydrogens is 128 g/mol. The molecular formula is C7H13N2O. The summed E-state index contributed by atoms with van der Waals surface area (Å²) in [4.78, 5) is 10.6. The Labute approximate surface area is 61.2 Å². The topological polar surface area (TPSA) is 43.2 Å². The normalized spacial score (nSPS) is 32.2. The van der Waals surface area contributed by atoms with Gasteiger partial charge in [0.1, 0.15) is 0 Å². The number of nitrogens with zero attached hydrogens (tertiary/aromatic N) is 1. The van der Waals surface area contributed by atoms with E-state index in [0.717, 1.165) is 13.0 Å². The average molecular weight is 141 g/mol. The van der Waals surface area contributed by atoms with Gasteiger partial charge in [-0.2, -0.15) is 0 Å². The Hall–Kier alpha value is -0.570. The Morgan fingerprint density at radius 3 is 2.80 bits per heavy atom. The Morgan fingerprint density at radius 1 is 1.70 bits per heavy atom. The number of rotatable bonds is 1. The van der Waals surface area contributed by atoms with Crippen molar-refractivity contribution in [2.24, 2.45) is 0 Å². The molecule has 3 heteroatoms. The standard InChI is InChI=1S/C7H13N2O/c1-5-3-7(4-8-5)9-6(2)10/h5,7H,3-4H2,1-2H3,(H,9,10). The maximum absolute atomic E-state index is 10.6. The number of nitrogens with one attached hydrogen (secondary N) is 1. The molecule has 3 nitrogen and oxygen atoms in total. The van der Waals surface area contributed by atoms with Gasteiger partial charge in [0.25, 0.3) is 0 Å². The summed E-state index contributed by atoms with van der Waals surface area (Å²) in [5.41, 5.74) is 0. The molecule has 1 aliphatic heterocycles. The van der Waals surface area contributed by atoms with E-state index in [-0.39, 0.29) is 5.91 Å². The minimum Gasteiger partial charge on any atom is -0.352 e. The molecule has 0 aliphatic carbocycles. The summed E-state index contributed by atoms with van der Waals surface area (Å²) in [7, 11) is 0. The van der Waals surface area contributed by atoms with Crippen LogP contribution < -0.4 is 10.6 Å². The highest BCUT2D eigenvalue weighted by Gasteiger charge is 2.21. The fourth-order valence-electron chi connectivity index (χ4n) is 1.26. The molecule has 0 aromatic rings. The molecule has 2 atom stereocenters. The molecule has 0 aromatic carbocycles. The zero-order chi connectivity index (χ0) is 7.56. The van der Waals surface area contributed by atoms with Crippen LogP contribution in [-0.4, -0.2) is 24.5 Å². The van der Waals surface area contributed by atoms with Crippen molar-refractivity contribution < 1.29 is 4.79 Å². The van der Waals surface area contributed by atoms with Crippen molar-refractivity contribution >= 4 is 5.91 Å². The molecule has 1 fully saturated rings. The molecule has 0 aromatic heterocycles. The summed E-state index contributed by atoms with van der Waals surface area (Å²) >= 11 is 0. The van der Waals surface area contributed by atoms with E-state index in [1.165, 1.54) is 0 Å². The maximum atomic E-state index is 10.6. The Balaban J connectivity index is 2.24. The van der Waals surface area contributed by atoms with Gasteiger partial charge in [-0.15, -0.1) is 0 Å². The fourth-order valence-corrected chi connectivity index (χ4v) is 1.26. The molecule has 1 heterocycles. The Kier molecular flexibility index (Phi) is 2.27. The first-order chi connectivity index (χ1) is 4.68. The largest absolute Gasteiger partial charge is 0.352 e. The van der Waals surface area contributed by atoms with Gasteiger partial charge in [-0.25, -0.2) is 5.32 Å². The van der Waals surface area contributed by atoms with Gasteiger partial charge < -0.3 is 5.32 Å². The summed E-state index contributed by atoms with van der Waals surface area (Å²) in [6.07, 6.45) is 1.000. The van der Waals surface area contributed by atoms with Crippen LogP contribution in [0.15, 0.2) is 0 Å². The predicted molar refractivity (Wildman–Crippen MR) is 38.7 cm³/mol. The molecule has 1 N–H and O–H groups in total. The minimum atomic E-state index is 0.0503. The molecule has 1 amide bonds. The smallest absolute Gasteiger partial charge is 0.217 e. The lowest BCUT2D eigenvalue weighted by molar-refractivity contribution is -0.119. The van der Waals surface area contributed by atoms with Crippen molar-refractivity contribution in [1.82, 2.24) is 10.6 Å². The Bertz CT molecular complexity index is 136. The van der Waals surface area contributed by atoms with E-state index in [9.17, 15) is 4.79 Å². The molecule has 2 unspecified atom stereocenters. The summed E-state index contributed by atoms with van der Waals surface area (Å²) in [5.74, 6) is 0.0503. The van der Waals surface area contributed by atoms with Crippen molar-refractivity contribution in [2.45, 2.75) is 32.4 Å². The van der Waals surface area contributed by atoms with E-state index in [0.29, 0.717) is 12.1 Å². The van der Waals surface area contributed by atoms with E-state index < -0.39 is 0 Å². The molecule has 57 valence electrons. The van der Waals surface area contributed by atoms with Crippen LogP contribution >= 0.6 is 0 Å². The van der Waals surface area contributed by atoms with Crippen LogP contribution in [0.3, 0.4) is 0 Å².